The molecule has 0 spiro atoms. The lowest BCUT2D eigenvalue weighted by atomic mass is 10.0. The summed E-state index contributed by atoms with van der Waals surface area (Å²) in [6.45, 7) is 0. The molecule has 0 aromatic heterocycles. The summed E-state index contributed by atoms with van der Waals surface area (Å²) in [4.78, 5) is 23.4. The number of hydrogen-bond donors (Lipinski definition) is 3. The fourth-order valence-electron chi connectivity index (χ4n) is 2.18. The number of rotatable bonds is 6. The van der Waals surface area contributed by atoms with E-state index >= 15 is 0 Å². The zero-order valence-corrected chi connectivity index (χ0v) is 12.8. The summed E-state index contributed by atoms with van der Waals surface area (Å²) in [6.07, 6.45) is 0.0823. The molecule has 0 aliphatic heterocycles. The zero-order valence-electron chi connectivity index (χ0n) is 12.8. The number of nitrogens with two attached hydrogens (primary N) is 1. The van der Waals surface area contributed by atoms with E-state index in [0.29, 0.717) is 11.4 Å². The van der Waals surface area contributed by atoms with Crippen LogP contribution in [-0.4, -0.2) is 19.0 Å². The van der Waals surface area contributed by atoms with Crippen LogP contribution in [0.2, 0.25) is 0 Å². The van der Waals surface area contributed by atoms with E-state index in [1.165, 1.54) is 0 Å². The van der Waals surface area contributed by atoms with Crippen molar-refractivity contribution in [3.63, 3.8) is 0 Å². The van der Waals surface area contributed by atoms with Gasteiger partial charge in [-0.2, -0.15) is 0 Å². The van der Waals surface area contributed by atoms with E-state index in [1.54, 1.807) is 31.4 Å². The van der Waals surface area contributed by atoms with E-state index < -0.39 is 12.1 Å². The highest BCUT2D eigenvalue weighted by Crippen LogP contribution is 2.19. The van der Waals surface area contributed by atoms with Gasteiger partial charge in [-0.1, -0.05) is 30.3 Å². The van der Waals surface area contributed by atoms with Crippen molar-refractivity contribution in [3.05, 3.63) is 60.2 Å². The van der Waals surface area contributed by atoms with Crippen LogP contribution in [-0.2, 0) is 4.79 Å². The van der Waals surface area contributed by atoms with Gasteiger partial charge in [-0.3, -0.25) is 4.79 Å². The van der Waals surface area contributed by atoms with Crippen LogP contribution in [0, 0.1) is 0 Å². The van der Waals surface area contributed by atoms with Gasteiger partial charge in [0.15, 0.2) is 0 Å². The fraction of sp³-hybridized carbons (Fsp3) is 0.176. The number of urea groups is 1. The van der Waals surface area contributed by atoms with Crippen molar-refractivity contribution in [2.75, 3.05) is 12.4 Å². The van der Waals surface area contributed by atoms with E-state index in [4.69, 9.17) is 10.5 Å². The lowest BCUT2D eigenvalue weighted by Crippen LogP contribution is -2.35. The molecule has 3 amide bonds. The molecule has 0 fully saturated rings. The first-order chi connectivity index (χ1) is 11.1. The predicted octanol–water partition coefficient (Wildman–Crippen LogP) is 2.43. The zero-order chi connectivity index (χ0) is 16.7. The Bertz CT molecular complexity index is 657. The third-order valence-corrected chi connectivity index (χ3v) is 3.28. The molecule has 6 heteroatoms. The average molecular weight is 313 g/mol. The maximum absolute atomic E-state index is 12.2. The molecule has 0 heterocycles. The van der Waals surface area contributed by atoms with Gasteiger partial charge in [0, 0.05) is 5.69 Å². The Hall–Kier alpha value is -3.02. The molecule has 0 saturated heterocycles. The van der Waals surface area contributed by atoms with Crippen molar-refractivity contribution in [2.24, 2.45) is 5.73 Å². The third-order valence-electron chi connectivity index (χ3n) is 3.28. The van der Waals surface area contributed by atoms with Crippen molar-refractivity contribution in [3.8, 4) is 5.75 Å². The predicted molar refractivity (Wildman–Crippen MR) is 88.1 cm³/mol. The van der Waals surface area contributed by atoms with Crippen molar-refractivity contribution < 1.29 is 14.3 Å². The number of methoxy groups -OCH3 is 1. The van der Waals surface area contributed by atoms with Gasteiger partial charge in [-0.25, -0.2) is 4.79 Å². The van der Waals surface area contributed by atoms with Crippen LogP contribution in [0.5, 0.6) is 5.75 Å². The molecule has 0 aliphatic rings. The van der Waals surface area contributed by atoms with E-state index in [1.807, 2.05) is 30.3 Å². The molecule has 2 aromatic carbocycles. The minimum absolute atomic E-state index is 0.0823. The standard InChI is InChI=1S/C17H19N3O3/c1-23-14-9-7-13(8-10-14)19-16(21)11-15(20-17(18)22)12-5-3-2-4-6-12/h2-10,15H,11H2,1H3,(H,19,21)(H3,18,20,22). The largest absolute Gasteiger partial charge is 0.497 e. The van der Waals surface area contributed by atoms with Crippen LogP contribution in [0.25, 0.3) is 0 Å². The number of primary amides is 1. The number of ether oxygens (including phenoxy) is 1. The van der Waals surface area contributed by atoms with E-state index in [2.05, 4.69) is 10.6 Å². The lowest BCUT2D eigenvalue weighted by molar-refractivity contribution is -0.116. The molecule has 120 valence electrons. The number of carbonyl (C=O) groups excluding carboxylic acids is 2. The van der Waals surface area contributed by atoms with Gasteiger partial charge in [0.1, 0.15) is 5.75 Å². The SMILES string of the molecule is COc1ccc(NC(=O)CC(NC(N)=O)c2ccccc2)cc1. The molecule has 0 aliphatic carbocycles. The second-order valence-electron chi connectivity index (χ2n) is 4.95. The molecule has 1 unspecified atom stereocenters. The van der Waals surface area contributed by atoms with Crippen LogP contribution >= 0.6 is 0 Å². The van der Waals surface area contributed by atoms with Crippen LogP contribution in [0.1, 0.15) is 18.0 Å². The number of hydrogen-bond acceptors (Lipinski definition) is 3. The Morgan fingerprint density at radius 1 is 1.09 bits per heavy atom. The Balaban J connectivity index is 2.03. The number of nitrogens with one attached hydrogen (secondary N) is 2. The summed E-state index contributed by atoms with van der Waals surface area (Å²) in [6, 6.07) is 15.1. The van der Waals surface area contributed by atoms with Crippen molar-refractivity contribution in [1.82, 2.24) is 5.32 Å². The molecular weight excluding hydrogens is 294 g/mol. The van der Waals surface area contributed by atoms with Crippen LogP contribution in [0.15, 0.2) is 54.6 Å². The maximum Gasteiger partial charge on any atom is 0.312 e. The minimum Gasteiger partial charge on any atom is -0.497 e. The molecule has 0 saturated carbocycles. The van der Waals surface area contributed by atoms with Gasteiger partial charge in [-0.15, -0.1) is 0 Å². The molecule has 4 N–H and O–H groups in total. The molecule has 2 aromatic rings. The summed E-state index contributed by atoms with van der Waals surface area (Å²) in [5, 5.41) is 5.37. The highest BCUT2D eigenvalue weighted by molar-refractivity contribution is 5.91. The Labute approximate surface area is 134 Å². The van der Waals surface area contributed by atoms with E-state index in [9.17, 15) is 9.59 Å². The van der Waals surface area contributed by atoms with Crippen molar-refractivity contribution >= 4 is 17.6 Å². The van der Waals surface area contributed by atoms with Gasteiger partial charge in [0.25, 0.3) is 0 Å². The first-order valence-corrected chi connectivity index (χ1v) is 7.13. The summed E-state index contributed by atoms with van der Waals surface area (Å²) in [5.41, 5.74) is 6.67. The maximum atomic E-state index is 12.2. The first kappa shape index (κ1) is 16.4. The van der Waals surface area contributed by atoms with Gasteiger partial charge in [0.05, 0.1) is 19.6 Å². The molecular formula is C17H19N3O3. The molecule has 23 heavy (non-hydrogen) atoms. The number of carbonyl (C=O) groups is 2. The van der Waals surface area contributed by atoms with Crippen molar-refractivity contribution in [1.29, 1.82) is 0 Å². The number of benzene rings is 2. The third kappa shape index (κ3) is 5.03. The highest BCUT2D eigenvalue weighted by Gasteiger charge is 2.17. The van der Waals surface area contributed by atoms with Gasteiger partial charge < -0.3 is 21.1 Å². The molecule has 6 nitrogen and oxygen atoms in total. The van der Waals surface area contributed by atoms with Gasteiger partial charge in [-0.05, 0) is 29.8 Å². The normalized spacial score (nSPS) is 11.3. The summed E-state index contributed by atoms with van der Waals surface area (Å²) in [5.74, 6) is 0.485. The summed E-state index contributed by atoms with van der Waals surface area (Å²) in [7, 11) is 1.58. The summed E-state index contributed by atoms with van der Waals surface area (Å²) < 4.78 is 5.07. The monoisotopic (exact) mass is 313 g/mol. The molecule has 0 bridgehead atoms. The smallest absolute Gasteiger partial charge is 0.312 e. The first-order valence-electron chi connectivity index (χ1n) is 7.13. The van der Waals surface area contributed by atoms with Crippen LogP contribution < -0.4 is 21.1 Å². The lowest BCUT2D eigenvalue weighted by Gasteiger charge is -2.17. The second-order valence-corrected chi connectivity index (χ2v) is 4.95. The van der Waals surface area contributed by atoms with E-state index in [0.717, 1.165) is 5.56 Å². The Morgan fingerprint density at radius 2 is 1.74 bits per heavy atom. The topological polar surface area (TPSA) is 93.4 Å². The van der Waals surface area contributed by atoms with E-state index in [-0.39, 0.29) is 12.3 Å². The highest BCUT2D eigenvalue weighted by atomic mass is 16.5. The second kappa shape index (κ2) is 7.84. The van der Waals surface area contributed by atoms with Crippen LogP contribution in [0.4, 0.5) is 10.5 Å². The number of amides is 3. The van der Waals surface area contributed by atoms with Gasteiger partial charge >= 0.3 is 6.03 Å². The molecule has 2 rings (SSSR count). The van der Waals surface area contributed by atoms with Crippen molar-refractivity contribution in [2.45, 2.75) is 12.5 Å². The Morgan fingerprint density at radius 3 is 2.30 bits per heavy atom. The average Bonchev–Trinajstić information content (AvgIpc) is 2.55. The molecule has 0 radical (unpaired) electrons. The quantitative estimate of drug-likeness (QED) is 0.764. The fourth-order valence-corrected chi connectivity index (χ4v) is 2.18. The minimum atomic E-state index is -0.670. The van der Waals surface area contributed by atoms with Crippen LogP contribution in [0.3, 0.4) is 0 Å². The number of anilines is 1. The van der Waals surface area contributed by atoms with Gasteiger partial charge in [0.2, 0.25) is 5.91 Å². The Kier molecular flexibility index (Phi) is 5.57. The molecule has 1 atom stereocenters. The summed E-state index contributed by atoms with van der Waals surface area (Å²) >= 11 is 0.